The molecule has 1 fully saturated rings. The van der Waals surface area contributed by atoms with Crippen LogP contribution < -0.4 is 0 Å². The third-order valence-corrected chi connectivity index (χ3v) is 2.60. The molecule has 0 aromatic heterocycles. The van der Waals surface area contributed by atoms with E-state index in [0.29, 0.717) is 19.3 Å². The summed E-state index contributed by atoms with van der Waals surface area (Å²) in [5.41, 5.74) is 0. The predicted molar refractivity (Wildman–Crippen MR) is 42.0 cm³/mol. The number of alkyl halides is 2. The normalized spacial score (nSPS) is 39.5. The monoisotopic (exact) mass is 162 g/mol. The van der Waals surface area contributed by atoms with Gasteiger partial charge in [-0.3, -0.25) is 0 Å². The van der Waals surface area contributed by atoms with Crippen molar-refractivity contribution >= 4 is 0 Å². The van der Waals surface area contributed by atoms with Crippen molar-refractivity contribution in [2.45, 2.75) is 45.5 Å². The molecule has 3 unspecified atom stereocenters. The van der Waals surface area contributed by atoms with E-state index in [-0.39, 0.29) is 11.8 Å². The largest absolute Gasteiger partial charge is 0.247 e. The van der Waals surface area contributed by atoms with E-state index in [2.05, 4.69) is 0 Å². The lowest BCUT2D eigenvalue weighted by molar-refractivity contribution is 0.0759. The molecule has 0 spiro atoms. The Morgan fingerprint density at radius 3 is 2.27 bits per heavy atom. The fourth-order valence-corrected chi connectivity index (χ4v) is 1.80. The molecule has 0 aromatic carbocycles. The molecule has 11 heavy (non-hydrogen) atoms. The van der Waals surface area contributed by atoms with E-state index in [1.807, 2.05) is 13.8 Å². The minimum Gasteiger partial charge on any atom is -0.247 e. The Bertz CT molecular complexity index is 123. The van der Waals surface area contributed by atoms with E-state index in [1.165, 1.54) is 0 Å². The molecule has 1 rings (SSSR count). The Morgan fingerprint density at radius 1 is 1.18 bits per heavy atom. The zero-order valence-electron chi connectivity index (χ0n) is 7.19. The van der Waals surface area contributed by atoms with Crippen LogP contribution in [0.2, 0.25) is 0 Å². The molecule has 1 aliphatic rings. The molecular formula is C9H16F2. The molecule has 3 atom stereocenters. The second kappa shape index (κ2) is 3.51. The van der Waals surface area contributed by atoms with Crippen LogP contribution in [0.1, 0.15) is 33.1 Å². The average molecular weight is 162 g/mol. The van der Waals surface area contributed by atoms with Crippen LogP contribution >= 0.6 is 0 Å². The van der Waals surface area contributed by atoms with Crippen LogP contribution in [-0.4, -0.2) is 12.3 Å². The molecule has 0 heterocycles. The van der Waals surface area contributed by atoms with Gasteiger partial charge in [-0.15, -0.1) is 0 Å². The van der Waals surface area contributed by atoms with Gasteiger partial charge in [0.2, 0.25) is 0 Å². The van der Waals surface area contributed by atoms with Crippen molar-refractivity contribution in [2.24, 2.45) is 11.8 Å². The van der Waals surface area contributed by atoms with Gasteiger partial charge in [0.1, 0.15) is 12.3 Å². The SMILES string of the molecule is CC(C)C1CC(F)CCC1F. The fraction of sp³-hybridized carbons (Fsp3) is 1.00. The van der Waals surface area contributed by atoms with E-state index >= 15 is 0 Å². The van der Waals surface area contributed by atoms with Gasteiger partial charge in [-0.25, -0.2) is 8.78 Å². The minimum absolute atomic E-state index is 0.0428. The summed E-state index contributed by atoms with van der Waals surface area (Å²) in [6, 6.07) is 0. The topological polar surface area (TPSA) is 0 Å². The summed E-state index contributed by atoms with van der Waals surface area (Å²) in [6.07, 6.45) is -0.246. The Balaban J connectivity index is 2.47. The lowest BCUT2D eigenvalue weighted by Crippen LogP contribution is -2.30. The van der Waals surface area contributed by atoms with Crippen LogP contribution in [0.3, 0.4) is 0 Å². The van der Waals surface area contributed by atoms with Crippen molar-refractivity contribution in [2.75, 3.05) is 0 Å². The lowest BCUT2D eigenvalue weighted by Gasteiger charge is -2.30. The maximum Gasteiger partial charge on any atom is 0.103 e. The molecule has 1 saturated carbocycles. The number of hydrogen-bond acceptors (Lipinski definition) is 0. The molecule has 0 bridgehead atoms. The van der Waals surface area contributed by atoms with Gasteiger partial charge in [0.15, 0.2) is 0 Å². The summed E-state index contributed by atoms with van der Waals surface area (Å²) in [7, 11) is 0. The molecule has 1 aliphatic carbocycles. The van der Waals surface area contributed by atoms with Crippen molar-refractivity contribution in [3.05, 3.63) is 0 Å². The van der Waals surface area contributed by atoms with Crippen molar-refractivity contribution in [1.29, 1.82) is 0 Å². The highest BCUT2D eigenvalue weighted by Gasteiger charge is 2.32. The second-order valence-corrected chi connectivity index (χ2v) is 3.83. The summed E-state index contributed by atoms with van der Waals surface area (Å²) in [5, 5.41) is 0. The molecule has 0 aliphatic heterocycles. The van der Waals surface area contributed by atoms with E-state index < -0.39 is 12.3 Å². The van der Waals surface area contributed by atoms with Crippen molar-refractivity contribution in [3.8, 4) is 0 Å². The van der Waals surface area contributed by atoms with Crippen LogP contribution in [0.5, 0.6) is 0 Å². The highest BCUT2D eigenvalue weighted by molar-refractivity contribution is 4.81. The first-order chi connectivity index (χ1) is 5.11. The predicted octanol–water partition coefficient (Wildman–Crippen LogP) is 3.12. The van der Waals surface area contributed by atoms with Gasteiger partial charge in [0.05, 0.1) is 0 Å². The van der Waals surface area contributed by atoms with Gasteiger partial charge in [0.25, 0.3) is 0 Å². The highest BCUT2D eigenvalue weighted by atomic mass is 19.1. The van der Waals surface area contributed by atoms with Gasteiger partial charge in [-0.05, 0) is 31.1 Å². The van der Waals surface area contributed by atoms with Crippen molar-refractivity contribution < 1.29 is 8.78 Å². The Hall–Kier alpha value is -0.140. The van der Waals surface area contributed by atoms with Crippen LogP contribution in [0, 0.1) is 11.8 Å². The van der Waals surface area contributed by atoms with Gasteiger partial charge < -0.3 is 0 Å². The molecule has 0 saturated heterocycles. The first kappa shape index (κ1) is 8.95. The molecule has 66 valence electrons. The molecule has 0 nitrogen and oxygen atoms in total. The third kappa shape index (κ3) is 2.14. The maximum absolute atomic E-state index is 13.1. The van der Waals surface area contributed by atoms with Gasteiger partial charge in [-0.1, -0.05) is 13.8 Å². The Kier molecular flexibility index (Phi) is 2.85. The minimum atomic E-state index is -0.762. The van der Waals surface area contributed by atoms with Gasteiger partial charge in [-0.2, -0.15) is 0 Å². The van der Waals surface area contributed by atoms with Crippen molar-refractivity contribution in [3.63, 3.8) is 0 Å². The van der Waals surface area contributed by atoms with E-state index in [0.717, 1.165) is 0 Å². The number of halogens is 2. The zero-order valence-corrected chi connectivity index (χ0v) is 7.19. The van der Waals surface area contributed by atoms with Crippen LogP contribution in [0.25, 0.3) is 0 Å². The highest BCUT2D eigenvalue weighted by Crippen LogP contribution is 2.33. The zero-order chi connectivity index (χ0) is 8.43. The Labute approximate surface area is 67.0 Å². The van der Waals surface area contributed by atoms with Crippen LogP contribution in [0.4, 0.5) is 8.78 Å². The van der Waals surface area contributed by atoms with Crippen LogP contribution in [0.15, 0.2) is 0 Å². The average Bonchev–Trinajstić information content (AvgIpc) is 1.94. The molecular weight excluding hydrogens is 146 g/mol. The molecule has 0 amide bonds. The van der Waals surface area contributed by atoms with E-state index in [1.54, 1.807) is 0 Å². The third-order valence-electron chi connectivity index (χ3n) is 2.60. The van der Waals surface area contributed by atoms with Crippen molar-refractivity contribution in [1.82, 2.24) is 0 Å². The standard InChI is InChI=1S/C9H16F2/c1-6(2)8-5-7(10)3-4-9(8)11/h6-9H,3-5H2,1-2H3. The number of hydrogen-bond donors (Lipinski definition) is 0. The summed E-state index contributed by atoms with van der Waals surface area (Å²) in [5.74, 6) is 0.238. The smallest absolute Gasteiger partial charge is 0.103 e. The first-order valence-corrected chi connectivity index (χ1v) is 4.39. The summed E-state index contributed by atoms with van der Waals surface area (Å²) in [4.78, 5) is 0. The van der Waals surface area contributed by atoms with E-state index in [4.69, 9.17) is 0 Å². The summed E-state index contributed by atoms with van der Waals surface area (Å²) >= 11 is 0. The van der Waals surface area contributed by atoms with Crippen LogP contribution in [-0.2, 0) is 0 Å². The molecule has 2 heteroatoms. The molecule has 0 radical (unpaired) electrons. The molecule has 0 N–H and O–H groups in total. The fourth-order valence-electron chi connectivity index (χ4n) is 1.80. The first-order valence-electron chi connectivity index (χ1n) is 4.39. The van der Waals surface area contributed by atoms with E-state index in [9.17, 15) is 8.78 Å². The second-order valence-electron chi connectivity index (χ2n) is 3.83. The quantitative estimate of drug-likeness (QED) is 0.555. The Morgan fingerprint density at radius 2 is 1.82 bits per heavy atom. The number of rotatable bonds is 1. The van der Waals surface area contributed by atoms with Gasteiger partial charge >= 0.3 is 0 Å². The maximum atomic E-state index is 13.1. The van der Waals surface area contributed by atoms with Gasteiger partial charge in [0, 0.05) is 0 Å². The molecule has 0 aromatic rings. The summed E-state index contributed by atoms with van der Waals surface area (Å²) in [6.45, 7) is 3.94. The summed E-state index contributed by atoms with van der Waals surface area (Å²) < 4.78 is 25.9. The lowest BCUT2D eigenvalue weighted by atomic mass is 9.79.